The molecule has 0 saturated carbocycles. The molecule has 0 atom stereocenters. The topological polar surface area (TPSA) is 172 Å². The van der Waals surface area contributed by atoms with Crippen molar-refractivity contribution in [1.82, 2.24) is 19.9 Å². The van der Waals surface area contributed by atoms with Crippen molar-refractivity contribution in [2.75, 3.05) is 28.4 Å². The van der Waals surface area contributed by atoms with Gasteiger partial charge in [0.2, 0.25) is 0 Å². The van der Waals surface area contributed by atoms with Crippen LogP contribution in [0.4, 0.5) is 0 Å². The maximum atomic E-state index is 10.6. The summed E-state index contributed by atoms with van der Waals surface area (Å²) in [6, 6.07) is 28.0. The first-order chi connectivity index (χ1) is 29.2. The Morgan fingerprint density at radius 1 is 0.361 bits per heavy atom. The molecule has 306 valence electrons. The first-order valence-electron chi connectivity index (χ1n) is 18.7. The summed E-state index contributed by atoms with van der Waals surface area (Å²) >= 11 is 0. The number of hydrogen-bond acceptors (Lipinski definition) is 10. The Hall–Kier alpha value is -7.63. The van der Waals surface area contributed by atoms with Gasteiger partial charge in [-0.25, -0.2) is 9.97 Å². The second kappa shape index (κ2) is 16.2. The Bertz CT molecular complexity index is 2710. The van der Waals surface area contributed by atoms with Gasteiger partial charge >= 0.3 is 16.5 Å². The predicted molar refractivity (Wildman–Crippen MR) is 231 cm³/mol. The molecule has 13 heteroatoms. The van der Waals surface area contributed by atoms with E-state index in [1.54, 1.807) is 72.8 Å². The molecule has 0 aliphatic carbocycles. The number of rotatable bonds is 8. The molecular weight excluding hydrogens is 819 g/mol. The number of benzene rings is 4. The van der Waals surface area contributed by atoms with E-state index in [4.69, 9.17) is 38.9 Å². The van der Waals surface area contributed by atoms with E-state index in [1.165, 1.54) is 28.4 Å². The fourth-order valence-electron chi connectivity index (χ4n) is 7.60. The van der Waals surface area contributed by atoms with Gasteiger partial charge in [-0.05, 0) is 117 Å². The van der Waals surface area contributed by atoms with Gasteiger partial charge in [-0.15, -0.1) is 22.1 Å². The van der Waals surface area contributed by atoms with E-state index >= 15 is 0 Å². The summed E-state index contributed by atoms with van der Waals surface area (Å²) in [7, 11) is 5.96. The minimum atomic E-state index is -0.0192. The average molecular weight is 856 g/mol. The van der Waals surface area contributed by atoms with E-state index in [2.05, 4.69) is 0 Å². The first-order valence-corrected chi connectivity index (χ1v) is 18.7. The molecule has 0 unspecified atom stereocenters. The van der Waals surface area contributed by atoms with Crippen molar-refractivity contribution in [3.8, 4) is 90.5 Å². The standard InChI is InChI=1S/C48H36N4O8.Ni/c1-57-41-21-25(5-17-37(41)53)45-29-9-11-31(49-29)46(26-6-18-38(54)42(22-26)58-2)33-13-15-35(51-33)48(28-8-20-40(56)44(24-28)60-4)36-16-14-34(52-36)47(32-12-10-30(45)50-32)27-7-19-39(55)43(23-27)59-3;/h5-24H,1-4H3,(H4-2,49,50,51,52,53,54,55,56);/q-2;+2. The van der Waals surface area contributed by atoms with E-state index in [0.717, 1.165) is 0 Å². The van der Waals surface area contributed by atoms with Crippen LogP contribution in [0, 0.1) is 0 Å². The summed E-state index contributed by atoms with van der Waals surface area (Å²) < 4.78 is 22.1. The van der Waals surface area contributed by atoms with Gasteiger partial charge in [-0.1, -0.05) is 48.5 Å². The third-order valence-electron chi connectivity index (χ3n) is 10.5. The number of ether oxygens (including phenoxy) is 4. The predicted octanol–water partition coefficient (Wildman–Crippen LogP) is 9.44. The molecule has 0 spiro atoms. The molecular formula is C48H36N4NiO8. The van der Waals surface area contributed by atoms with E-state index < -0.39 is 0 Å². The molecule has 0 fully saturated rings. The third-order valence-corrected chi connectivity index (χ3v) is 10.5. The molecule has 2 aliphatic rings. The van der Waals surface area contributed by atoms with Crippen LogP contribution < -0.4 is 28.9 Å². The molecule has 4 aromatic carbocycles. The van der Waals surface area contributed by atoms with Crippen molar-refractivity contribution in [3.63, 3.8) is 0 Å². The minimum Gasteiger partial charge on any atom is -0.657 e. The number of aromatic nitrogens is 4. The number of nitrogens with zero attached hydrogens (tertiary/aromatic N) is 4. The van der Waals surface area contributed by atoms with Crippen LogP contribution in [0.2, 0.25) is 0 Å². The average Bonchev–Trinajstić information content (AvgIpc) is 4.11. The van der Waals surface area contributed by atoms with E-state index in [-0.39, 0.29) is 62.5 Å². The molecule has 9 rings (SSSR count). The number of methoxy groups -OCH3 is 4. The molecule has 3 aromatic heterocycles. The van der Waals surface area contributed by atoms with Crippen LogP contribution in [-0.2, 0) is 16.5 Å². The molecule has 0 amide bonds. The van der Waals surface area contributed by atoms with Gasteiger partial charge in [0.15, 0.2) is 46.0 Å². The summed E-state index contributed by atoms with van der Waals surface area (Å²) in [5, 5.41) is 42.4. The molecule has 7 aromatic rings. The zero-order chi connectivity index (χ0) is 41.7. The summed E-state index contributed by atoms with van der Waals surface area (Å²) in [4.78, 5) is 20.9. The summed E-state index contributed by atoms with van der Waals surface area (Å²) in [5.74, 6) is 1.03. The SMILES string of the molecule is COc1cc(-c2c3nc(c(-c4ccc(O)c(OC)c4)c4ccc([n-]4)c(-c4ccc(O)c(OC)c4)c4nc(c(-c5ccc(O)c(OC)c5)c5ccc2[n-]5)C=C4)C=C3)ccc1O.[Ni+2]. The monoisotopic (exact) mass is 854 g/mol. The van der Waals surface area contributed by atoms with Crippen LogP contribution in [0.3, 0.4) is 0 Å². The molecule has 61 heavy (non-hydrogen) atoms. The Morgan fingerprint density at radius 3 is 0.803 bits per heavy atom. The Kier molecular flexibility index (Phi) is 10.7. The number of hydrogen-bond donors (Lipinski definition) is 4. The summed E-state index contributed by atoms with van der Waals surface area (Å²) in [6.07, 6.45) is 7.60. The van der Waals surface area contributed by atoms with Gasteiger partial charge in [0.25, 0.3) is 0 Å². The normalized spacial score (nSPS) is 11.6. The quantitative estimate of drug-likeness (QED) is 0.107. The number of aromatic hydroxyl groups is 4. The van der Waals surface area contributed by atoms with Crippen molar-refractivity contribution < 1.29 is 55.9 Å². The Labute approximate surface area is 359 Å². The van der Waals surface area contributed by atoms with Crippen molar-refractivity contribution in [2.24, 2.45) is 0 Å². The van der Waals surface area contributed by atoms with Gasteiger partial charge < -0.3 is 49.3 Å². The van der Waals surface area contributed by atoms with Gasteiger partial charge in [-0.2, -0.15) is 0 Å². The fourth-order valence-corrected chi connectivity index (χ4v) is 7.60. The van der Waals surface area contributed by atoms with E-state index in [1.807, 2.05) is 48.6 Å². The first kappa shape index (κ1) is 40.2. The molecule has 8 bridgehead atoms. The summed E-state index contributed by atoms with van der Waals surface area (Å²) in [5.41, 5.74) is 10.0. The van der Waals surface area contributed by atoms with Crippen molar-refractivity contribution in [2.45, 2.75) is 0 Å². The van der Waals surface area contributed by atoms with Crippen LogP contribution in [0.15, 0.2) is 97.1 Å². The molecule has 0 radical (unpaired) electrons. The zero-order valence-electron chi connectivity index (χ0n) is 33.1. The second-order valence-electron chi connectivity index (χ2n) is 13.9. The largest absolute Gasteiger partial charge is 2.00 e. The van der Waals surface area contributed by atoms with Crippen molar-refractivity contribution >= 4 is 46.4 Å². The summed E-state index contributed by atoms with van der Waals surface area (Å²) in [6.45, 7) is 0. The van der Waals surface area contributed by atoms with Crippen LogP contribution in [0.1, 0.15) is 22.8 Å². The maximum absolute atomic E-state index is 10.6. The van der Waals surface area contributed by atoms with Gasteiger partial charge in [0.1, 0.15) is 0 Å². The minimum absolute atomic E-state index is 0. The Morgan fingerprint density at radius 2 is 0.590 bits per heavy atom. The molecule has 2 aliphatic heterocycles. The fraction of sp³-hybridized carbons (Fsp3) is 0.0833. The van der Waals surface area contributed by atoms with Crippen molar-refractivity contribution in [3.05, 3.63) is 120 Å². The number of fused-ring (bicyclic) bond motifs is 8. The van der Waals surface area contributed by atoms with Crippen LogP contribution >= 0.6 is 0 Å². The molecule has 0 saturated heterocycles. The zero-order valence-corrected chi connectivity index (χ0v) is 34.1. The van der Waals surface area contributed by atoms with Gasteiger partial charge in [-0.3, -0.25) is 0 Å². The molecule has 4 N–H and O–H groups in total. The Balaban J connectivity index is 0.00000514. The van der Waals surface area contributed by atoms with Crippen molar-refractivity contribution in [1.29, 1.82) is 0 Å². The molecule has 12 nitrogen and oxygen atoms in total. The van der Waals surface area contributed by atoms with Crippen LogP contribution in [-0.4, -0.2) is 58.8 Å². The third kappa shape index (κ3) is 7.15. The van der Waals surface area contributed by atoms with Crippen LogP contribution in [0.5, 0.6) is 46.0 Å². The van der Waals surface area contributed by atoms with Crippen LogP contribution in [0.25, 0.3) is 90.9 Å². The van der Waals surface area contributed by atoms with Gasteiger partial charge in [0.05, 0.1) is 51.2 Å². The van der Waals surface area contributed by atoms with E-state index in [9.17, 15) is 20.4 Å². The van der Waals surface area contributed by atoms with E-state index in [0.29, 0.717) is 89.4 Å². The van der Waals surface area contributed by atoms with Gasteiger partial charge in [0, 0.05) is 0 Å². The molecule has 5 heterocycles. The number of phenols is 4. The maximum Gasteiger partial charge on any atom is 2.00 e. The number of phenolic OH excluding ortho intramolecular Hbond substituents is 4. The smallest absolute Gasteiger partial charge is 0.657 e. The second-order valence-corrected chi connectivity index (χ2v) is 13.9.